The third-order valence-electron chi connectivity index (χ3n) is 2.91. The van der Waals surface area contributed by atoms with Crippen LogP contribution in [0, 0.1) is 0 Å². The van der Waals surface area contributed by atoms with Crippen molar-refractivity contribution in [2.75, 3.05) is 25.5 Å². The van der Waals surface area contributed by atoms with Crippen molar-refractivity contribution in [3.63, 3.8) is 0 Å². The van der Waals surface area contributed by atoms with Crippen molar-refractivity contribution < 1.29 is 9.53 Å². The molecule has 1 fully saturated rings. The van der Waals surface area contributed by atoms with Gasteiger partial charge in [0.15, 0.2) is 0 Å². The summed E-state index contributed by atoms with van der Waals surface area (Å²) in [5.74, 6) is 0.348. The second-order valence-electron chi connectivity index (χ2n) is 4.37. The van der Waals surface area contributed by atoms with Crippen LogP contribution in [0.15, 0.2) is 18.5 Å². The van der Waals surface area contributed by atoms with E-state index < -0.39 is 5.97 Å². The van der Waals surface area contributed by atoms with Crippen LogP contribution in [0.4, 0.5) is 5.82 Å². The molecule has 2 N–H and O–H groups in total. The lowest BCUT2D eigenvalue weighted by Crippen LogP contribution is -2.38. The van der Waals surface area contributed by atoms with E-state index in [9.17, 15) is 4.79 Å². The number of nitrogens with zero attached hydrogens (tertiary/aromatic N) is 2. The monoisotopic (exact) mass is 334 g/mol. The van der Waals surface area contributed by atoms with E-state index in [-0.39, 0.29) is 24.8 Å². The average molecular weight is 335 g/mol. The van der Waals surface area contributed by atoms with Crippen LogP contribution < -0.4 is 10.6 Å². The first-order valence-corrected chi connectivity index (χ1v) is 6.33. The quantitative estimate of drug-likeness (QED) is 0.644. The Kier molecular flexibility index (Phi) is 9.69. The minimum Gasteiger partial charge on any atom is -0.466 e. The van der Waals surface area contributed by atoms with Gasteiger partial charge in [-0.15, -0.1) is 24.8 Å². The third-order valence-corrected chi connectivity index (χ3v) is 2.91. The lowest BCUT2D eigenvalue weighted by atomic mass is 10.1. The predicted molar refractivity (Wildman–Crippen MR) is 87.1 cm³/mol. The van der Waals surface area contributed by atoms with Gasteiger partial charge in [0.05, 0.1) is 25.2 Å². The van der Waals surface area contributed by atoms with E-state index in [2.05, 4.69) is 25.3 Å². The first-order chi connectivity index (χ1) is 9.28. The van der Waals surface area contributed by atoms with Crippen LogP contribution in [0.3, 0.4) is 0 Å². The molecular formula is C13H20Cl2N4O2. The Labute approximate surface area is 136 Å². The van der Waals surface area contributed by atoms with E-state index in [1.54, 1.807) is 18.5 Å². The highest BCUT2D eigenvalue weighted by Gasteiger charge is 2.12. The molecule has 0 saturated carbocycles. The zero-order valence-corrected chi connectivity index (χ0v) is 13.4. The second kappa shape index (κ2) is 10.4. The van der Waals surface area contributed by atoms with Crippen LogP contribution in [0.2, 0.25) is 0 Å². The zero-order chi connectivity index (χ0) is 13.5. The molecule has 6 nitrogen and oxygen atoms in total. The standard InChI is InChI=1S/C13H18N4O2.2ClH/c1-19-13(18)5-4-10-8-16-12(9-15-10)17-11-3-2-6-14-7-11;;/h4-5,8-9,11,14H,2-3,6-7H2,1H3,(H,16,17);2*1H/b5-4+;;/t11-;;/m1../s1. The number of hydrogen-bond acceptors (Lipinski definition) is 6. The van der Waals surface area contributed by atoms with Gasteiger partial charge in [-0.25, -0.2) is 9.78 Å². The molecule has 8 heteroatoms. The van der Waals surface area contributed by atoms with Crippen molar-refractivity contribution in [2.24, 2.45) is 0 Å². The van der Waals surface area contributed by atoms with Crippen molar-refractivity contribution in [2.45, 2.75) is 18.9 Å². The molecule has 118 valence electrons. The molecule has 1 saturated heterocycles. The number of piperidine rings is 1. The Hall–Kier alpha value is -1.37. The van der Waals surface area contributed by atoms with E-state index in [1.807, 2.05) is 0 Å². The van der Waals surface area contributed by atoms with Crippen molar-refractivity contribution in [1.82, 2.24) is 15.3 Å². The number of nitrogens with one attached hydrogen (secondary N) is 2. The van der Waals surface area contributed by atoms with Gasteiger partial charge in [0.2, 0.25) is 0 Å². The summed E-state index contributed by atoms with van der Waals surface area (Å²) in [5.41, 5.74) is 0.623. The fraction of sp³-hybridized carbons (Fsp3) is 0.462. The molecule has 1 aliphatic rings. The number of ether oxygens (including phenoxy) is 1. The molecule has 1 atom stereocenters. The maximum Gasteiger partial charge on any atom is 0.330 e. The van der Waals surface area contributed by atoms with Crippen molar-refractivity contribution in [3.8, 4) is 0 Å². The third kappa shape index (κ3) is 6.75. The summed E-state index contributed by atoms with van der Waals surface area (Å²) < 4.78 is 4.50. The van der Waals surface area contributed by atoms with Gasteiger partial charge in [-0.1, -0.05) is 0 Å². The Morgan fingerprint density at radius 2 is 2.24 bits per heavy atom. The van der Waals surface area contributed by atoms with E-state index >= 15 is 0 Å². The average Bonchev–Trinajstić information content (AvgIpc) is 2.47. The highest BCUT2D eigenvalue weighted by Crippen LogP contribution is 2.09. The van der Waals surface area contributed by atoms with Crippen molar-refractivity contribution >= 4 is 42.7 Å². The number of carbonyl (C=O) groups excluding carboxylic acids is 1. The zero-order valence-electron chi connectivity index (χ0n) is 11.7. The minimum atomic E-state index is -0.405. The van der Waals surface area contributed by atoms with E-state index in [1.165, 1.54) is 19.6 Å². The molecule has 0 bridgehead atoms. The van der Waals surface area contributed by atoms with Crippen LogP contribution >= 0.6 is 24.8 Å². The maximum absolute atomic E-state index is 10.9. The summed E-state index contributed by atoms with van der Waals surface area (Å²) in [6.07, 6.45) is 8.50. The fourth-order valence-corrected chi connectivity index (χ4v) is 1.90. The molecule has 0 unspecified atom stereocenters. The second-order valence-corrected chi connectivity index (χ2v) is 4.37. The minimum absolute atomic E-state index is 0. The summed E-state index contributed by atoms with van der Waals surface area (Å²) in [6.45, 7) is 2.03. The number of halogens is 2. The molecule has 0 amide bonds. The number of aromatic nitrogens is 2. The molecular weight excluding hydrogens is 315 g/mol. The van der Waals surface area contributed by atoms with Gasteiger partial charge in [0, 0.05) is 18.7 Å². The van der Waals surface area contributed by atoms with Crippen LogP contribution in [0.1, 0.15) is 18.5 Å². The van der Waals surface area contributed by atoms with Gasteiger partial charge in [0.1, 0.15) is 5.82 Å². The Morgan fingerprint density at radius 3 is 2.81 bits per heavy atom. The molecule has 1 aromatic heterocycles. The predicted octanol–water partition coefficient (Wildman–Crippen LogP) is 1.67. The number of anilines is 1. The highest BCUT2D eigenvalue weighted by atomic mass is 35.5. The number of esters is 1. The van der Waals surface area contributed by atoms with Gasteiger partial charge < -0.3 is 15.4 Å². The van der Waals surface area contributed by atoms with Crippen LogP contribution in [0.5, 0.6) is 0 Å². The van der Waals surface area contributed by atoms with Crippen LogP contribution in [0.25, 0.3) is 6.08 Å². The number of carbonyl (C=O) groups is 1. The molecule has 0 aromatic carbocycles. The molecule has 0 radical (unpaired) electrons. The van der Waals surface area contributed by atoms with Crippen LogP contribution in [-0.2, 0) is 9.53 Å². The number of hydrogen-bond donors (Lipinski definition) is 2. The van der Waals surface area contributed by atoms with Gasteiger partial charge in [-0.3, -0.25) is 4.98 Å². The Balaban J connectivity index is 0.00000200. The molecule has 0 spiro atoms. The lowest BCUT2D eigenvalue weighted by molar-refractivity contribution is -0.134. The Morgan fingerprint density at radius 1 is 1.43 bits per heavy atom. The molecule has 2 rings (SSSR count). The summed E-state index contributed by atoms with van der Waals surface area (Å²) in [6, 6.07) is 0.402. The van der Waals surface area contributed by atoms with Gasteiger partial charge >= 0.3 is 5.97 Å². The summed E-state index contributed by atoms with van der Waals surface area (Å²) in [7, 11) is 1.34. The molecule has 1 aliphatic heterocycles. The van der Waals surface area contributed by atoms with E-state index in [4.69, 9.17) is 0 Å². The summed E-state index contributed by atoms with van der Waals surface area (Å²) in [5, 5.41) is 6.66. The molecule has 1 aromatic rings. The van der Waals surface area contributed by atoms with E-state index in [0.29, 0.717) is 11.7 Å². The van der Waals surface area contributed by atoms with Crippen LogP contribution in [-0.4, -0.2) is 42.2 Å². The number of methoxy groups -OCH3 is 1. The molecule has 21 heavy (non-hydrogen) atoms. The summed E-state index contributed by atoms with van der Waals surface area (Å²) in [4.78, 5) is 19.4. The fourth-order valence-electron chi connectivity index (χ4n) is 1.90. The van der Waals surface area contributed by atoms with Gasteiger partial charge in [-0.05, 0) is 25.5 Å². The van der Waals surface area contributed by atoms with Gasteiger partial charge in [0.25, 0.3) is 0 Å². The van der Waals surface area contributed by atoms with Crippen molar-refractivity contribution in [1.29, 1.82) is 0 Å². The van der Waals surface area contributed by atoms with Gasteiger partial charge in [-0.2, -0.15) is 0 Å². The lowest BCUT2D eigenvalue weighted by Gasteiger charge is -2.24. The van der Waals surface area contributed by atoms with Crippen molar-refractivity contribution in [3.05, 3.63) is 24.2 Å². The molecule has 0 aliphatic carbocycles. The SMILES string of the molecule is COC(=O)/C=C/c1cnc(N[C@@H]2CCCNC2)cn1.Cl.Cl. The van der Waals surface area contributed by atoms with E-state index in [0.717, 1.165) is 25.3 Å². The maximum atomic E-state index is 10.9. The normalized spacial score (nSPS) is 17.5. The largest absolute Gasteiger partial charge is 0.466 e. The smallest absolute Gasteiger partial charge is 0.330 e. The Bertz CT molecular complexity index is 448. The molecule has 2 heterocycles. The number of rotatable bonds is 4. The highest BCUT2D eigenvalue weighted by molar-refractivity contribution is 5.86. The first kappa shape index (κ1) is 19.6. The topological polar surface area (TPSA) is 76.1 Å². The summed E-state index contributed by atoms with van der Waals surface area (Å²) >= 11 is 0. The first-order valence-electron chi connectivity index (χ1n) is 6.33.